The Kier molecular flexibility index (Phi) is 6.50. The molecule has 1 amide bonds. The molecule has 0 aromatic heterocycles. The first kappa shape index (κ1) is 22.4. The monoisotopic (exact) mass is 451 g/mol. The second kappa shape index (κ2) is 9.86. The molecule has 0 spiro atoms. The molecule has 0 fully saturated rings. The zero-order chi connectivity index (χ0) is 23.5. The van der Waals surface area contributed by atoms with Gasteiger partial charge in [0.25, 0.3) is 0 Å². The molecule has 34 heavy (non-hydrogen) atoms. The molecule has 4 nitrogen and oxygen atoms in total. The smallest absolute Gasteiger partial charge is 0.230 e. The van der Waals surface area contributed by atoms with Crippen LogP contribution in [0.1, 0.15) is 42.7 Å². The van der Waals surface area contributed by atoms with Crippen LogP contribution in [0.4, 0.5) is 0 Å². The Hall–Kier alpha value is -3.37. The van der Waals surface area contributed by atoms with E-state index in [0.717, 1.165) is 12.0 Å². The first-order valence-corrected chi connectivity index (χ1v) is 12.4. The lowest BCUT2D eigenvalue weighted by Gasteiger charge is -2.29. The summed E-state index contributed by atoms with van der Waals surface area (Å²) < 4.78 is 0. The third kappa shape index (κ3) is 4.26. The van der Waals surface area contributed by atoms with Crippen LogP contribution >= 0.6 is 0 Å². The van der Waals surface area contributed by atoms with Gasteiger partial charge in [-0.05, 0) is 47.2 Å². The van der Waals surface area contributed by atoms with E-state index in [1.165, 1.54) is 28.0 Å². The maximum atomic E-state index is 13.6. The van der Waals surface area contributed by atoms with Gasteiger partial charge in [-0.2, -0.15) is 0 Å². The predicted octanol–water partition coefficient (Wildman–Crippen LogP) is 5.05. The van der Waals surface area contributed by atoms with Crippen LogP contribution in [0.25, 0.3) is 11.1 Å². The summed E-state index contributed by atoms with van der Waals surface area (Å²) in [7, 11) is 0. The summed E-state index contributed by atoms with van der Waals surface area (Å²) in [6.07, 6.45) is 1.71. The van der Waals surface area contributed by atoms with Crippen molar-refractivity contribution >= 4 is 5.91 Å². The molecule has 2 aliphatic heterocycles. The highest BCUT2D eigenvalue weighted by Crippen LogP contribution is 2.41. The maximum absolute atomic E-state index is 13.6. The average Bonchev–Trinajstić information content (AvgIpc) is 3.46. The molecule has 2 heterocycles. The van der Waals surface area contributed by atoms with Crippen molar-refractivity contribution in [2.45, 2.75) is 37.6 Å². The van der Waals surface area contributed by atoms with E-state index in [0.29, 0.717) is 38.0 Å². The Bertz CT molecular complexity index is 1150. The summed E-state index contributed by atoms with van der Waals surface area (Å²) in [6, 6.07) is 29.9. The van der Waals surface area contributed by atoms with Crippen LogP contribution in [0.5, 0.6) is 0 Å². The van der Waals surface area contributed by atoms with Crippen LogP contribution in [0.3, 0.4) is 0 Å². The molecule has 0 saturated carbocycles. The topological polar surface area (TPSA) is 58.4 Å². The normalized spacial score (nSPS) is 20.2. The van der Waals surface area contributed by atoms with Crippen LogP contribution in [-0.4, -0.2) is 36.5 Å². The molecule has 3 aromatic rings. The van der Waals surface area contributed by atoms with Crippen molar-refractivity contribution in [3.63, 3.8) is 0 Å². The maximum Gasteiger partial charge on any atom is 0.230 e. The fourth-order valence-corrected chi connectivity index (χ4v) is 5.57. The van der Waals surface area contributed by atoms with Crippen LogP contribution in [0.2, 0.25) is 0 Å². The van der Waals surface area contributed by atoms with Gasteiger partial charge in [0.1, 0.15) is 0 Å². The molecule has 5 rings (SSSR count). The van der Waals surface area contributed by atoms with Gasteiger partial charge in [0.2, 0.25) is 5.91 Å². The summed E-state index contributed by atoms with van der Waals surface area (Å²) in [5, 5.41) is 3.75. The van der Waals surface area contributed by atoms with Crippen molar-refractivity contribution in [3.05, 3.63) is 107 Å². The molecule has 4 heteroatoms. The van der Waals surface area contributed by atoms with Crippen LogP contribution in [0.15, 0.2) is 96.2 Å². The van der Waals surface area contributed by atoms with Crippen LogP contribution < -0.4 is 11.1 Å². The number of amides is 1. The fraction of sp³-hybridized carbons (Fsp3) is 0.300. The minimum absolute atomic E-state index is 0.180. The highest BCUT2D eigenvalue weighted by Gasteiger charge is 2.41. The highest BCUT2D eigenvalue weighted by molar-refractivity contribution is 5.85. The Balaban J connectivity index is 1.36. The lowest BCUT2D eigenvalue weighted by Crippen LogP contribution is -2.39. The minimum atomic E-state index is -0.184. The van der Waals surface area contributed by atoms with Gasteiger partial charge in [-0.25, -0.2) is 0 Å². The Morgan fingerprint density at radius 3 is 2.24 bits per heavy atom. The molecule has 0 bridgehead atoms. The number of hydrogen-bond acceptors (Lipinski definition) is 3. The van der Waals surface area contributed by atoms with Gasteiger partial charge in [0.05, 0.1) is 12.5 Å². The number of nitrogens with one attached hydrogen (secondary N) is 1. The molecule has 0 aliphatic carbocycles. The number of benzene rings is 3. The first-order chi connectivity index (χ1) is 16.7. The van der Waals surface area contributed by atoms with Crippen molar-refractivity contribution in [3.8, 4) is 11.1 Å². The summed E-state index contributed by atoms with van der Waals surface area (Å²) >= 11 is 0. The minimum Gasteiger partial charge on any atom is -0.383 e. The highest BCUT2D eigenvalue weighted by atomic mass is 16.2. The molecule has 3 atom stereocenters. The number of carbonyl (C=O) groups excluding carboxylic acids is 1. The summed E-state index contributed by atoms with van der Waals surface area (Å²) in [6.45, 7) is 4.09. The van der Waals surface area contributed by atoms with E-state index in [1.54, 1.807) is 0 Å². The number of nitrogens with two attached hydrogens (primary N) is 1. The van der Waals surface area contributed by atoms with E-state index >= 15 is 0 Å². The van der Waals surface area contributed by atoms with Gasteiger partial charge in [-0.1, -0.05) is 91.9 Å². The van der Waals surface area contributed by atoms with Crippen molar-refractivity contribution in [2.75, 3.05) is 19.6 Å². The standard InChI is InChI=1S/C30H33N3O/c1-2-27-29(24-15-13-22(14-16-24)21-9-5-3-6-10-21)26-19-33(20-28(26)32-27)30(34)25(17-18-31)23-11-7-4-8-12-23/h3-16,25,27,29,32H,2,17-20,31H2,1H3. The van der Waals surface area contributed by atoms with E-state index in [9.17, 15) is 4.79 Å². The SMILES string of the molecule is CCC1NC2=C(CN(C(=O)C(CCN)c3ccccc3)C2)C1c1ccc(-c2ccccc2)cc1. The van der Waals surface area contributed by atoms with Crippen molar-refractivity contribution in [2.24, 2.45) is 5.73 Å². The zero-order valence-corrected chi connectivity index (χ0v) is 19.8. The van der Waals surface area contributed by atoms with Gasteiger partial charge in [-0.15, -0.1) is 0 Å². The summed E-state index contributed by atoms with van der Waals surface area (Å²) in [5.41, 5.74) is 13.3. The van der Waals surface area contributed by atoms with Gasteiger partial charge in [-0.3, -0.25) is 4.79 Å². The Morgan fingerprint density at radius 2 is 1.59 bits per heavy atom. The molecule has 3 N–H and O–H groups in total. The molecule has 174 valence electrons. The largest absolute Gasteiger partial charge is 0.383 e. The number of hydrogen-bond donors (Lipinski definition) is 2. The second-order valence-corrected chi connectivity index (χ2v) is 9.36. The lowest BCUT2D eigenvalue weighted by molar-refractivity contribution is -0.131. The number of nitrogens with zero attached hydrogens (tertiary/aromatic N) is 1. The quantitative estimate of drug-likeness (QED) is 0.529. The van der Waals surface area contributed by atoms with Gasteiger partial charge in [0.15, 0.2) is 0 Å². The van der Waals surface area contributed by atoms with Gasteiger partial charge in [0, 0.05) is 24.2 Å². The number of rotatable bonds is 7. The summed E-state index contributed by atoms with van der Waals surface area (Å²) in [5.74, 6) is 0.295. The molecule has 2 aliphatic rings. The van der Waals surface area contributed by atoms with E-state index in [4.69, 9.17) is 5.73 Å². The van der Waals surface area contributed by atoms with E-state index in [2.05, 4.69) is 60.8 Å². The summed E-state index contributed by atoms with van der Waals surface area (Å²) in [4.78, 5) is 15.6. The molecular formula is C30H33N3O. The molecule has 0 saturated heterocycles. The molecular weight excluding hydrogens is 418 g/mol. The lowest BCUT2D eigenvalue weighted by atomic mass is 9.85. The third-order valence-corrected chi connectivity index (χ3v) is 7.32. The third-order valence-electron chi connectivity index (χ3n) is 7.32. The number of carbonyl (C=O) groups is 1. The average molecular weight is 452 g/mol. The van der Waals surface area contributed by atoms with Crippen LogP contribution in [-0.2, 0) is 4.79 Å². The Morgan fingerprint density at radius 1 is 0.941 bits per heavy atom. The van der Waals surface area contributed by atoms with E-state index < -0.39 is 0 Å². The second-order valence-electron chi connectivity index (χ2n) is 9.36. The van der Waals surface area contributed by atoms with Crippen LogP contribution in [0, 0.1) is 0 Å². The Labute approximate surface area is 202 Å². The predicted molar refractivity (Wildman–Crippen MR) is 138 cm³/mol. The zero-order valence-electron chi connectivity index (χ0n) is 19.8. The molecule has 3 aromatic carbocycles. The molecule has 0 radical (unpaired) electrons. The first-order valence-electron chi connectivity index (χ1n) is 12.4. The van der Waals surface area contributed by atoms with Gasteiger partial charge >= 0.3 is 0 Å². The fourth-order valence-electron chi connectivity index (χ4n) is 5.57. The van der Waals surface area contributed by atoms with Gasteiger partial charge < -0.3 is 16.0 Å². The molecule has 3 unspecified atom stereocenters. The van der Waals surface area contributed by atoms with E-state index in [-0.39, 0.29) is 11.8 Å². The van der Waals surface area contributed by atoms with Crippen molar-refractivity contribution in [1.29, 1.82) is 0 Å². The van der Waals surface area contributed by atoms with E-state index in [1.807, 2.05) is 41.3 Å². The van der Waals surface area contributed by atoms with Crippen molar-refractivity contribution in [1.82, 2.24) is 10.2 Å². The van der Waals surface area contributed by atoms with Crippen molar-refractivity contribution < 1.29 is 4.79 Å².